The van der Waals surface area contributed by atoms with E-state index in [2.05, 4.69) is 493 Å². The molecule has 0 radical (unpaired) electrons. The van der Waals surface area contributed by atoms with Crippen LogP contribution in [0.3, 0.4) is 0 Å². The number of hydrogen-bond acceptors (Lipinski definition) is 7. The number of rotatable bonds is 7. The van der Waals surface area contributed by atoms with E-state index in [4.69, 9.17) is 29.9 Å². The van der Waals surface area contributed by atoms with Gasteiger partial charge < -0.3 is 4.57 Å². The number of fused-ring (bicyclic) bond motifs is 23. The Morgan fingerprint density at radius 3 is 1.14 bits per heavy atom. The Hall–Kier alpha value is -19.5. The third kappa shape index (κ3) is 11.7. The minimum Gasteiger partial charge on any atom is -0.309 e. The van der Waals surface area contributed by atoms with Gasteiger partial charge in [0.1, 0.15) is 0 Å². The lowest BCUT2D eigenvalue weighted by Gasteiger charge is -2.22. The molecule has 4 aliphatic carbocycles. The van der Waals surface area contributed by atoms with Gasteiger partial charge in [-0.05, 0) is 235 Å². The highest BCUT2D eigenvalue weighted by Gasteiger charge is 2.38. The van der Waals surface area contributed by atoms with Crippen molar-refractivity contribution in [1.82, 2.24) is 48.2 Å². The highest BCUT2D eigenvalue weighted by Crippen LogP contribution is 2.58. The smallest absolute Gasteiger partial charge is 0.235 e. The van der Waals surface area contributed by atoms with E-state index >= 15 is 0 Å². The molecule has 23 aromatic carbocycles. The number of para-hydroxylation sites is 4. The van der Waals surface area contributed by atoms with Crippen LogP contribution in [0, 0.1) is 0 Å². The van der Waals surface area contributed by atoms with Crippen LogP contribution in [0.15, 0.2) is 461 Å². The monoisotopic (exact) mass is 1920 g/mol. The Morgan fingerprint density at radius 2 is 0.567 bits per heavy atom. The first kappa shape index (κ1) is 82.9. The molecule has 0 amide bonds. The highest BCUT2D eigenvalue weighted by atomic mass is 32.1. The molecular weight excluding hydrogens is 1840 g/mol. The van der Waals surface area contributed by atoms with Gasteiger partial charge in [-0.2, -0.15) is 0 Å². The molecule has 0 fully saturated rings. The van der Waals surface area contributed by atoms with Gasteiger partial charge >= 0.3 is 0 Å². The molecule has 10 nitrogen and oxygen atoms in total. The predicted octanol–water partition coefficient (Wildman–Crippen LogP) is 36.5. The predicted molar refractivity (Wildman–Crippen MR) is 626 cm³/mol. The molecule has 0 aliphatic heterocycles. The van der Waals surface area contributed by atoms with Crippen molar-refractivity contribution in [3.05, 3.63) is 472 Å². The van der Waals surface area contributed by atoms with Crippen LogP contribution in [0.1, 0.15) is 25.0 Å². The Morgan fingerprint density at radius 1 is 0.180 bits per heavy atom. The summed E-state index contributed by atoms with van der Waals surface area (Å²) >= 11 is 1.88. The zero-order valence-electron chi connectivity index (χ0n) is 81.3. The number of benzene rings is 23. The van der Waals surface area contributed by atoms with Crippen molar-refractivity contribution >= 4 is 195 Å². The molecule has 8 aromatic heterocycles. The molecule has 0 saturated carbocycles. The van der Waals surface area contributed by atoms with Gasteiger partial charge in [0.25, 0.3) is 0 Å². The van der Waals surface area contributed by atoms with Gasteiger partial charge in [-0.3, -0.25) is 13.7 Å². The lowest BCUT2D eigenvalue weighted by Crippen LogP contribution is -2.15. The minimum absolute atomic E-state index is 0.0976. The molecule has 8 heterocycles. The van der Waals surface area contributed by atoms with Gasteiger partial charge in [0.05, 0.1) is 77.8 Å². The normalized spacial score (nSPS) is 12.8. The second-order valence-electron chi connectivity index (χ2n) is 40.8. The summed E-state index contributed by atoms with van der Waals surface area (Å²) in [6.45, 7) is 4.67. The first-order chi connectivity index (χ1) is 74.2. The highest BCUT2D eigenvalue weighted by molar-refractivity contribution is 7.25. The topological polar surface area (TPSA) is 97.1 Å². The number of hydrogen-bond donors (Lipinski definition) is 0. The summed E-state index contributed by atoms with van der Waals surface area (Å²) in [5.41, 5.74) is 39.4. The molecule has 35 rings (SSSR count). The SMILES string of the molecule is CC1(C)c2ccccc2-c2ccc(-c3nc(-n4c5cccc6c5c5c7c(cccc7ccc54)-c4ccccc4-6)nc4ccccc34)cc21.c1ccc(-c2nc(-n3c4cccc5c4c4c6c(cccc6ccc43)-c3cc4sc6ccccc6c4cc3-5)nc3ccc4ccccc4c23)cc1.c1ccc(-n2c3ccccc3c3ccc(-c4nc(-n5c6cccc7c6c6c8c(cccc8ccc65)-c5ccccc5-7)nc5ccccc45)cc32)cc1. The van der Waals surface area contributed by atoms with Gasteiger partial charge in [0.15, 0.2) is 0 Å². The first-order valence-electron chi connectivity index (χ1n) is 51.5. The van der Waals surface area contributed by atoms with Crippen LogP contribution in [-0.2, 0) is 5.41 Å². The summed E-state index contributed by atoms with van der Waals surface area (Å²) in [6, 6.07) is 167. The van der Waals surface area contributed by atoms with Crippen LogP contribution in [-0.4, -0.2) is 48.2 Å². The molecule has 0 unspecified atom stereocenters. The maximum Gasteiger partial charge on any atom is 0.235 e. The maximum atomic E-state index is 5.51. The van der Waals surface area contributed by atoms with E-state index in [1.54, 1.807) is 0 Å². The van der Waals surface area contributed by atoms with E-state index in [-0.39, 0.29) is 5.41 Å². The average molecular weight is 1920 g/mol. The Labute approximate surface area is 862 Å². The Kier molecular flexibility index (Phi) is 17.3. The Balaban J connectivity index is 0.0000000975. The van der Waals surface area contributed by atoms with E-state index in [1.807, 2.05) is 11.3 Å². The van der Waals surface area contributed by atoms with Crippen LogP contribution < -0.4 is 0 Å². The van der Waals surface area contributed by atoms with Gasteiger partial charge in [-0.15, -0.1) is 11.3 Å². The molecule has 0 spiro atoms. The maximum absolute atomic E-state index is 5.51. The van der Waals surface area contributed by atoms with Gasteiger partial charge in [-0.1, -0.05) is 372 Å². The molecule has 4 aliphatic rings. The number of aromatic nitrogens is 10. The average Bonchev–Trinajstić information content (AvgIpc) is 1.80. The molecule has 0 bridgehead atoms. The van der Waals surface area contributed by atoms with Gasteiger partial charge in [0, 0.05) is 107 Å². The zero-order valence-corrected chi connectivity index (χ0v) is 82.1. The fourth-order valence-corrected chi connectivity index (χ4v) is 27.4. The summed E-state index contributed by atoms with van der Waals surface area (Å²) in [7, 11) is 0. The van der Waals surface area contributed by atoms with Crippen LogP contribution in [0.2, 0.25) is 0 Å². The molecule has 11 heteroatoms. The largest absolute Gasteiger partial charge is 0.309 e. The van der Waals surface area contributed by atoms with Gasteiger partial charge in [-0.25, -0.2) is 29.9 Å². The van der Waals surface area contributed by atoms with E-state index < -0.39 is 0 Å². The van der Waals surface area contributed by atoms with Crippen molar-refractivity contribution < 1.29 is 0 Å². The zero-order chi connectivity index (χ0) is 98.1. The second-order valence-corrected chi connectivity index (χ2v) is 41.9. The summed E-state index contributed by atoms with van der Waals surface area (Å²) in [4.78, 5) is 32.4. The lowest BCUT2D eigenvalue weighted by molar-refractivity contribution is 0.660. The van der Waals surface area contributed by atoms with E-state index in [1.165, 1.54) is 195 Å². The van der Waals surface area contributed by atoms with E-state index in [0.717, 1.165) is 116 Å². The van der Waals surface area contributed by atoms with Crippen LogP contribution in [0.4, 0.5) is 0 Å². The first-order valence-corrected chi connectivity index (χ1v) is 52.3. The number of nitrogens with zero attached hydrogens (tertiary/aromatic N) is 10. The third-order valence-electron chi connectivity index (χ3n) is 32.7. The van der Waals surface area contributed by atoms with E-state index in [9.17, 15) is 0 Å². The molecular formula is C139H82N10S. The third-order valence-corrected chi connectivity index (χ3v) is 33.9. The van der Waals surface area contributed by atoms with Crippen molar-refractivity contribution in [3.8, 4) is 135 Å². The van der Waals surface area contributed by atoms with Crippen LogP contribution in [0.5, 0.6) is 0 Å². The van der Waals surface area contributed by atoms with Gasteiger partial charge in [0.2, 0.25) is 17.8 Å². The summed E-state index contributed by atoms with van der Waals surface area (Å²) in [5, 5.41) is 25.7. The van der Waals surface area contributed by atoms with Crippen LogP contribution >= 0.6 is 11.3 Å². The molecule has 31 aromatic rings. The molecule has 0 saturated heterocycles. The Bertz CT molecular complexity index is 11500. The van der Waals surface area contributed by atoms with Crippen molar-refractivity contribution in [2.75, 3.05) is 0 Å². The second kappa shape index (κ2) is 31.3. The van der Waals surface area contributed by atoms with Crippen molar-refractivity contribution in [3.63, 3.8) is 0 Å². The fraction of sp³-hybridized carbons (Fsp3) is 0.0216. The van der Waals surface area contributed by atoms with Crippen molar-refractivity contribution in [2.24, 2.45) is 0 Å². The molecule has 0 N–H and O–H groups in total. The summed E-state index contributed by atoms with van der Waals surface area (Å²) in [6.07, 6.45) is 0. The molecule has 694 valence electrons. The van der Waals surface area contributed by atoms with Crippen molar-refractivity contribution in [2.45, 2.75) is 19.3 Å². The lowest BCUT2D eigenvalue weighted by atomic mass is 9.82. The van der Waals surface area contributed by atoms with Crippen molar-refractivity contribution in [1.29, 1.82) is 0 Å². The standard InChI is InChI=1S/C48H28N4.C46H25N3S.C45H29N3/c1-2-13-31(14-3-1)51-40-22-9-7-17-34(40)35-26-24-30(28-43(35)51)47-38-18-6-8-21-39(38)49-48(50-47)52-41-23-11-20-37-33-16-5-4-15-32(33)36-19-10-12-29-25-27-42(52)46(44(29)36)45(37)41;1-2-11-28(12-3-1)45-42-29-14-5-4-10-26(29)20-22-36(42)47-46(48-45)49-37-18-9-17-32-33-24-35-30-15-6-7-19-39(30)50-40(35)25-34(33)31-16-8-13-27-21-23-38(49)44(41(27)31)43(32)37;1-45(2)35-18-7-5-14-30(35)31-23-21-27(25-36(31)45)43-34-15-6-8-19-37(34)46-44(47-43)48-38-20-10-17-33-29-13-4-3-12-28(29)32-16-9-11-26-22-24-39(48)42(40(26)32)41(33)38/h1-28H;1-25H;3-25H,1-2H3. The van der Waals surface area contributed by atoms with E-state index in [0.29, 0.717) is 17.8 Å². The minimum atomic E-state index is -0.0976. The van der Waals surface area contributed by atoms with Crippen LogP contribution in [0.25, 0.3) is 318 Å². The summed E-state index contributed by atoms with van der Waals surface area (Å²) < 4.78 is 11.9. The molecule has 0 atom stereocenters. The summed E-state index contributed by atoms with van der Waals surface area (Å²) in [5.74, 6) is 2.04. The fourth-order valence-electron chi connectivity index (χ4n) is 26.3. The molecule has 150 heavy (non-hydrogen) atoms. The quantitative estimate of drug-likeness (QED) is 0.148. The number of thiophene rings is 1.